The summed E-state index contributed by atoms with van der Waals surface area (Å²) in [6.07, 6.45) is 23.2. The molecule has 5 atom stereocenters. The number of phosphoric acid groups is 2. The molecule has 0 fully saturated rings. The highest BCUT2D eigenvalue weighted by Gasteiger charge is 2.30. The van der Waals surface area contributed by atoms with E-state index < -0.39 is 97.5 Å². The topological polar surface area (TPSA) is 237 Å². The van der Waals surface area contributed by atoms with Gasteiger partial charge in [-0.2, -0.15) is 0 Å². The SMILES string of the molecule is CCCCCCCCCCCCCC(=O)O[C@H](COC(=O)CCCCCCCCCCC)COP(=O)(O)OC[C@@H](O)COP(=O)(O)OC[C@@H](COC(=O)CCC)OC(=O)CCCCCCC. The number of hydrogen-bond donors (Lipinski definition) is 3. The number of aliphatic hydroxyl groups excluding tert-OH is 1. The lowest BCUT2D eigenvalue weighted by Gasteiger charge is -2.21. The summed E-state index contributed by atoms with van der Waals surface area (Å²) in [7, 11) is -9.81. The Morgan fingerprint density at radius 3 is 0.955 bits per heavy atom. The fourth-order valence-corrected chi connectivity index (χ4v) is 8.25. The van der Waals surface area contributed by atoms with Gasteiger partial charge in [0.2, 0.25) is 0 Å². The van der Waals surface area contributed by atoms with Crippen molar-refractivity contribution in [2.45, 2.75) is 239 Å². The number of rotatable bonds is 48. The van der Waals surface area contributed by atoms with Gasteiger partial charge in [-0.25, -0.2) is 9.13 Å². The average Bonchev–Trinajstić information content (AvgIpc) is 3.28. The minimum absolute atomic E-state index is 0.0964. The summed E-state index contributed by atoms with van der Waals surface area (Å²) in [5, 5.41) is 10.3. The summed E-state index contributed by atoms with van der Waals surface area (Å²) in [5.41, 5.74) is 0. The van der Waals surface area contributed by atoms with Crippen molar-refractivity contribution in [2.24, 2.45) is 0 Å². The molecule has 390 valence electrons. The molecule has 0 aromatic carbocycles. The zero-order valence-electron chi connectivity index (χ0n) is 41.1. The number of phosphoric ester groups is 2. The normalized spacial score (nSPS) is 14.7. The van der Waals surface area contributed by atoms with E-state index in [2.05, 4.69) is 20.8 Å². The van der Waals surface area contributed by atoms with Crippen LogP contribution in [0, 0.1) is 0 Å². The molecule has 2 unspecified atom stereocenters. The van der Waals surface area contributed by atoms with Gasteiger partial charge in [0, 0.05) is 25.7 Å². The van der Waals surface area contributed by atoms with Gasteiger partial charge >= 0.3 is 39.5 Å². The zero-order valence-corrected chi connectivity index (χ0v) is 42.9. The average molecular weight is 989 g/mol. The van der Waals surface area contributed by atoms with Gasteiger partial charge in [0.05, 0.1) is 26.4 Å². The van der Waals surface area contributed by atoms with Crippen molar-refractivity contribution < 1.29 is 80.2 Å². The predicted molar refractivity (Wildman–Crippen MR) is 252 cm³/mol. The molecule has 0 aromatic rings. The Labute approximate surface area is 397 Å². The van der Waals surface area contributed by atoms with Gasteiger partial charge in [-0.05, 0) is 25.7 Å². The summed E-state index contributed by atoms with van der Waals surface area (Å²) >= 11 is 0. The number of carbonyl (C=O) groups excluding carboxylic acids is 4. The lowest BCUT2D eigenvalue weighted by Crippen LogP contribution is -2.30. The molecule has 0 aromatic heterocycles. The van der Waals surface area contributed by atoms with Crippen LogP contribution in [-0.2, 0) is 65.4 Å². The molecule has 0 aliphatic heterocycles. The number of hydrogen-bond acceptors (Lipinski definition) is 15. The molecule has 17 nitrogen and oxygen atoms in total. The molecule has 0 saturated carbocycles. The molecule has 0 amide bonds. The second kappa shape index (κ2) is 43.1. The minimum atomic E-state index is -4.92. The minimum Gasteiger partial charge on any atom is -0.462 e. The Balaban J connectivity index is 5.07. The molecule has 0 saturated heterocycles. The van der Waals surface area contributed by atoms with Gasteiger partial charge in [0.15, 0.2) is 12.2 Å². The third-order valence-electron chi connectivity index (χ3n) is 10.6. The van der Waals surface area contributed by atoms with E-state index in [-0.39, 0.29) is 25.7 Å². The van der Waals surface area contributed by atoms with Crippen LogP contribution in [0.1, 0.15) is 220 Å². The highest BCUT2D eigenvalue weighted by atomic mass is 31.2. The second-order valence-corrected chi connectivity index (χ2v) is 20.0. The zero-order chi connectivity index (χ0) is 49.2. The lowest BCUT2D eigenvalue weighted by atomic mass is 10.1. The highest BCUT2D eigenvalue weighted by molar-refractivity contribution is 7.47. The van der Waals surface area contributed by atoms with E-state index in [0.29, 0.717) is 25.7 Å². The van der Waals surface area contributed by atoms with E-state index in [1.54, 1.807) is 6.92 Å². The van der Waals surface area contributed by atoms with Crippen LogP contribution in [-0.4, -0.2) is 96.7 Å². The highest BCUT2D eigenvalue weighted by Crippen LogP contribution is 2.45. The quantitative estimate of drug-likeness (QED) is 0.0222. The standard InChI is InChI=1S/C47H90O17P2/c1-5-9-12-15-17-19-20-22-24-27-30-34-47(52)64-43(38-58-45(50)32-28-26-23-21-18-16-13-10-6-2)40-62-66(55,56)60-36-41(48)35-59-65(53,54)61-39-42(37-57-44(49)31-8-4)63-46(51)33-29-25-14-11-7-3/h41-43,48H,5-40H2,1-4H3,(H,53,54)(H,55,56)/t41-,42+,43+/m0/s1. The molecule has 0 aliphatic rings. The largest absolute Gasteiger partial charge is 0.472 e. The van der Waals surface area contributed by atoms with Gasteiger partial charge in [-0.3, -0.25) is 37.3 Å². The van der Waals surface area contributed by atoms with E-state index in [4.69, 9.17) is 37.0 Å². The van der Waals surface area contributed by atoms with E-state index in [9.17, 15) is 43.2 Å². The van der Waals surface area contributed by atoms with E-state index in [1.807, 2.05) is 0 Å². The Morgan fingerprint density at radius 2 is 0.636 bits per heavy atom. The maximum atomic E-state index is 12.8. The summed E-state index contributed by atoms with van der Waals surface area (Å²) in [5.74, 6) is -2.23. The predicted octanol–water partition coefficient (Wildman–Crippen LogP) is 11.3. The van der Waals surface area contributed by atoms with Crippen LogP contribution in [0.2, 0.25) is 0 Å². The van der Waals surface area contributed by atoms with Crippen molar-refractivity contribution in [1.29, 1.82) is 0 Å². The molecule has 0 heterocycles. The number of esters is 4. The van der Waals surface area contributed by atoms with Crippen molar-refractivity contribution in [3.05, 3.63) is 0 Å². The van der Waals surface area contributed by atoms with Crippen LogP contribution in [0.5, 0.6) is 0 Å². The molecule has 0 spiro atoms. The molecule has 0 rings (SSSR count). The van der Waals surface area contributed by atoms with Crippen molar-refractivity contribution in [3.8, 4) is 0 Å². The van der Waals surface area contributed by atoms with Gasteiger partial charge in [-0.15, -0.1) is 0 Å². The smallest absolute Gasteiger partial charge is 0.462 e. The maximum Gasteiger partial charge on any atom is 0.472 e. The monoisotopic (exact) mass is 989 g/mol. The van der Waals surface area contributed by atoms with Crippen LogP contribution < -0.4 is 0 Å². The fraction of sp³-hybridized carbons (Fsp3) is 0.915. The number of aliphatic hydroxyl groups is 1. The van der Waals surface area contributed by atoms with E-state index >= 15 is 0 Å². The third-order valence-corrected chi connectivity index (χ3v) is 12.5. The first-order valence-corrected chi connectivity index (χ1v) is 28.3. The van der Waals surface area contributed by atoms with Crippen molar-refractivity contribution in [1.82, 2.24) is 0 Å². The summed E-state index contributed by atoms with van der Waals surface area (Å²) < 4.78 is 66.4. The molecule has 3 N–H and O–H groups in total. The van der Waals surface area contributed by atoms with Gasteiger partial charge < -0.3 is 33.8 Å². The van der Waals surface area contributed by atoms with Crippen molar-refractivity contribution >= 4 is 39.5 Å². The first-order chi connectivity index (χ1) is 31.7. The molecular formula is C47H90O17P2. The van der Waals surface area contributed by atoms with Gasteiger partial charge in [-0.1, -0.05) is 169 Å². The van der Waals surface area contributed by atoms with Crippen molar-refractivity contribution in [3.63, 3.8) is 0 Å². The van der Waals surface area contributed by atoms with Crippen LogP contribution in [0.25, 0.3) is 0 Å². The summed E-state index contributed by atoms with van der Waals surface area (Å²) in [6.45, 7) is 4.26. The molecule has 0 bridgehead atoms. The third kappa shape index (κ3) is 42.2. The number of ether oxygens (including phenoxy) is 4. The Morgan fingerprint density at radius 1 is 0.364 bits per heavy atom. The molecule has 0 radical (unpaired) electrons. The Kier molecular flexibility index (Phi) is 41.8. The molecular weight excluding hydrogens is 898 g/mol. The summed E-state index contributed by atoms with van der Waals surface area (Å²) in [4.78, 5) is 70.2. The van der Waals surface area contributed by atoms with E-state index in [0.717, 1.165) is 70.6 Å². The molecule has 19 heteroatoms. The van der Waals surface area contributed by atoms with Crippen LogP contribution in [0.15, 0.2) is 0 Å². The lowest BCUT2D eigenvalue weighted by molar-refractivity contribution is -0.161. The Bertz CT molecular complexity index is 1320. The van der Waals surface area contributed by atoms with Crippen LogP contribution in [0.4, 0.5) is 0 Å². The summed E-state index contributed by atoms with van der Waals surface area (Å²) in [6, 6.07) is 0. The molecule has 66 heavy (non-hydrogen) atoms. The first kappa shape index (κ1) is 64.1. The van der Waals surface area contributed by atoms with Gasteiger partial charge in [0.1, 0.15) is 19.3 Å². The maximum absolute atomic E-state index is 12.8. The van der Waals surface area contributed by atoms with Gasteiger partial charge in [0.25, 0.3) is 0 Å². The molecule has 0 aliphatic carbocycles. The fourth-order valence-electron chi connectivity index (χ4n) is 6.67. The number of carbonyl (C=O) groups is 4. The first-order valence-electron chi connectivity index (χ1n) is 25.3. The Hall–Kier alpha value is -1.94. The number of unbranched alkanes of at least 4 members (excludes halogenated alkanes) is 22. The van der Waals surface area contributed by atoms with E-state index in [1.165, 1.54) is 70.6 Å². The van der Waals surface area contributed by atoms with Crippen LogP contribution >= 0.6 is 15.6 Å². The second-order valence-electron chi connectivity index (χ2n) is 17.1. The van der Waals surface area contributed by atoms with Crippen molar-refractivity contribution in [2.75, 3.05) is 39.6 Å². The van der Waals surface area contributed by atoms with Crippen LogP contribution in [0.3, 0.4) is 0 Å².